The summed E-state index contributed by atoms with van der Waals surface area (Å²) in [6, 6.07) is 6.50. The Balaban J connectivity index is 2.92. The lowest BCUT2D eigenvalue weighted by Crippen LogP contribution is -2.19. The van der Waals surface area contributed by atoms with Crippen LogP contribution in [0.1, 0.15) is 24.8 Å². The molecule has 17 heavy (non-hydrogen) atoms. The molecular weight excluding hydrogens is 244 g/mol. The largest absolute Gasteiger partial charge is 0.481 e. The summed E-state index contributed by atoms with van der Waals surface area (Å²) in [4.78, 5) is 22.4. The summed E-state index contributed by atoms with van der Waals surface area (Å²) < 4.78 is 4.85. The lowest BCUT2D eigenvalue weighted by molar-refractivity contribution is -0.149. The number of halogens is 1. The van der Waals surface area contributed by atoms with Crippen LogP contribution in [-0.4, -0.2) is 23.7 Å². The molecule has 0 saturated carbocycles. The Bertz CT molecular complexity index is 399. The molecule has 0 spiro atoms. The minimum Gasteiger partial charge on any atom is -0.481 e. The Hall–Kier alpha value is -1.55. The van der Waals surface area contributed by atoms with Gasteiger partial charge in [-0.3, -0.25) is 9.59 Å². The summed E-state index contributed by atoms with van der Waals surface area (Å²) in [5.74, 6) is -2.36. The SMILES string of the molecule is CCOC(=O)C(CC(=O)O)c1ccc(Cl)cc1. The molecule has 92 valence electrons. The fourth-order valence-corrected chi connectivity index (χ4v) is 1.58. The average molecular weight is 257 g/mol. The highest BCUT2D eigenvalue weighted by atomic mass is 35.5. The van der Waals surface area contributed by atoms with Crippen molar-refractivity contribution >= 4 is 23.5 Å². The highest BCUT2D eigenvalue weighted by molar-refractivity contribution is 6.30. The molecule has 0 aliphatic heterocycles. The van der Waals surface area contributed by atoms with Crippen LogP contribution in [0.2, 0.25) is 5.02 Å². The van der Waals surface area contributed by atoms with Crippen LogP contribution >= 0.6 is 11.6 Å². The summed E-state index contributed by atoms with van der Waals surface area (Å²) in [6.07, 6.45) is -0.291. The molecule has 0 fully saturated rings. The van der Waals surface area contributed by atoms with E-state index >= 15 is 0 Å². The molecule has 1 aromatic rings. The first-order chi connectivity index (χ1) is 8.04. The van der Waals surface area contributed by atoms with E-state index in [2.05, 4.69) is 0 Å². The highest BCUT2D eigenvalue weighted by Gasteiger charge is 2.24. The molecule has 0 aliphatic carbocycles. The third-order valence-corrected chi connectivity index (χ3v) is 2.47. The second-order valence-electron chi connectivity index (χ2n) is 3.45. The fraction of sp³-hybridized carbons (Fsp3) is 0.333. The van der Waals surface area contributed by atoms with Gasteiger partial charge in [-0.25, -0.2) is 0 Å². The van der Waals surface area contributed by atoms with Gasteiger partial charge in [0.05, 0.1) is 18.9 Å². The van der Waals surface area contributed by atoms with Crippen LogP contribution in [0, 0.1) is 0 Å². The second kappa shape index (κ2) is 6.25. The van der Waals surface area contributed by atoms with Crippen LogP contribution in [-0.2, 0) is 14.3 Å². The molecule has 0 bridgehead atoms. The lowest BCUT2D eigenvalue weighted by Gasteiger charge is -2.13. The smallest absolute Gasteiger partial charge is 0.313 e. The molecule has 0 saturated heterocycles. The van der Waals surface area contributed by atoms with Crippen molar-refractivity contribution in [1.29, 1.82) is 0 Å². The number of esters is 1. The molecule has 0 radical (unpaired) electrons. The van der Waals surface area contributed by atoms with E-state index in [-0.39, 0.29) is 13.0 Å². The van der Waals surface area contributed by atoms with E-state index < -0.39 is 17.9 Å². The molecule has 0 aromatic heterocycles. The zero-order chi connectivity index (χ0) is 12.8. The van der Waals surface area contributed by atoms with Crippen LogP contribution in [0.15, 0.2) is 24.3 Å². The third kappa shape index (κ3) is 4.07. The first-order valence-electron chi connectivity index (χ1n) is 5.18. The monoisotopic (exact) mass is 256 g/mol. The van der Waals surface area contributed by atoms with Crippen molar-refractivity contribution in [3.8, 4) is 0 Å². The van der Waals surface area contributed by atoms with Crippen molar-refractivity contribution in [3.63, 3.8) is 0 Å². The summed E-state index contributed by atoms with van der Waals surface area (Å²) in [5, 5.41) is 9.32. The normalized spacial score (nSPS) is 11.9. The summed E-state index contributed by atoms with van der Waals surface area (Å²) in [5.41, 5.74) is 0.593. The molecule has 0 heterocycles. The molecule has 1 rings (SSSR count). The van der Waals surface area contributed by atoms with E-state index in [9.17, 15) is 9.59 Å². The van der Waals surface area contributed by atoms with Crippen molar-refractivity contribution in [3.05, 3.63) is 34.9 Å². The maximum Gasteiger partial charge on any atom is 0.313 e. The number of rotatable bonds is 5. The van der Waals surface area contributed by atoms with Gasteiger partial charge in [-0.1, -0.05) is 23.7 Å². The quantitative estimate of drug-likeness (QED) is 0.822. The number of hydrogen-bond donors (Lipinski definition) is 1. The molecule has 0 amide bonds. The standard InChI is InChI=1S/C12H13ClO4/c1-2-17-12(16)10(7-11(14)15)8-3-5-9(13)6-4-8/h3-6,10H,2,7H2,1H3,(H,14,15). The van der Waals surface area contributed by atoms with Crippen molar-refractivity contribution in [2.75, 3.05) is 6.61 Å². The minimum atomic E-state index is -1.04. The van der Waals surface area contributed by atoms with Gasteiger partial charge in [0.25, 0.3) is 0 Å². The van der Waals surface area contributed by atoms with Crippen LogP contribution in [0.25, 0.3) is 0 Å². The number of carboxylic acid groups (broad SMARTS) is 1. The minimum absolute atomic E-state index is 0.225. The maximum atomic E-state index is 11.6. The molecule has 1 N–H and O–H groups in total. The third-order valence-electron chi connectivity index (χ3n) is 2.22. The maximum absolute atomic E-state index is 11.6. The topological polar surface area (TPSA) is 63.6 Å². The van der Waals surface area contributed by atoms with Gasteiger partial charge in [0.2, 0.25) is 0 Å². The summed E-state index contributed by atoms with van der Waals surface area (Å²) in [6.45, 7) is 1.90. The first-order valence-corrected chi connectivity index (χ1v) is 5.56. The fourth-order valence-electron chi connectivity index (χ4n) is 1.45. The highest BCUT2D eigenvalue weighted by Crippen LogP contribution is 2.23. The van der Waals surface area contributed by atoms with Crippen LogP contribution < -0.4 is 0 Å². The summed E-state index contributed by atoms with van der Waals surface area (Å²) in [7, 11) is 0. The lowest BCUT2D eigenvalue weighted by atomic mass is 9.96. The predicted octanol–water partition coefficient (Wildman–Crippen LogP) is 2.46. The Labute approximate surface area is 104 Å². The number of carboxylic acids is 1. The molecule has 5 heteroatoms. The van der Waals surface area contributed by atoms with Gasteiger partial charge in [0.1, 0.15) is 0 Å². The first kappa shape index (κ1) is 13.5. The van der Waals surface area contributed by atoms with Crippen LogP contribution in [0.4, 0.5) is 0 Å². The van der Waals surface area contributed by atoms with E-state index in [4.69, 9.17) is 21.4 Å². The van der Waals surface area contributed by atoms with Crippen molar-refractivity contribution in [2.45, 2.75) is 19.3 Å². The van der Waals surface area contributed by atoms with Crippen molar-refractivity contribution < 1.29 is 19.4 Å². The number of hydrogen-bond acceptors (Lipinski definition) is 3. The van der Waals surface area contributed by atoms with Gasteiger partial charge in [-0.05, 0) is 24.6 Å². The second-order valence-corrected chi connectivity index (χ2v) is 3.89. The number of benzene rings is 1. The van der Waals surface area contributed by atoms with Gasteiger partial charge in [0, 0.05) is 5.02 Å². The Morgan fingerprint density at radius 2 is 1.94 bits per heavy atom. The zero-order valence-electron chi connectivity index (χ0n) is 9.35. The van der Waals surface area contributed by atoms with Crippen molar-refractivity contribution in [1.82, 2.24) is 0 Å². The molecule has 1 aromatic carbocycles. The average Bonchev–Trinajstić information content (AvgIpc) is 2.27. The zero-order valence-corrected chi connectivity index (χ0v) is 10.1. The van der Waals surface area contributed by atoms with E-state index in [0.717, 1.165) is 0 Å². The number of aliphatic carboxylic acids is 1. The Morgan fingerprint density at radius 3 is 2.41 bits per heavy atom. The van der Waals surface area contributed by atoms with E-state index in [0.29, 0.717) is 10.6 Å². The molecule has 0 aliphatic rings. The van der Waals surface area contributed by atoms with Gasteiger partial charge in [0.15, 0.2) is 0 Å². The molecule has 1 atom stereocenters. The van der Waals surface area contributed by atoms with Gasteiger partial charge < -0.3 is 9.84 Å². The Kier molecular flexibility index (Phi) is 4.97. The van der Waals surface area contributed by atoms with Gasteiger partial charge in [-0.2, -0.15) is 0 Å². The van der Waals surface area contributed by atoms with Gasteiger partial charge in [-0.15, -0.1) is 0 Å². The Morgan fingerprint density at radius 1 is 1.35 bits per heavy atom. The van der Waals surface area contributed by atoms with Crippen LogP contribution in [0.5, 0.6) is 0 Å². The van der Waals surface area contributed by atoms with E-state index in [1.54, 1.807) is 31.2 Å². The van der Waals surface area contributed by atoms with Crippen molar-refractivity contribution in [2.24, 2.45) is 0 Å². The molecule has 1 unspecified atom stereocenters. The van der Waals surface area contributed by atoms with E-state index in [1.807, 2.05) is 0 Å². The summed E-state index contributed by atoms with van der Waals surface area (Å²) >= 11 is 5.73. The number of carbonyl (C=O) groups is 2. The molecule has 4 nitrogen and oxygen atoms in total. The number of carbonyl (C=O) groups excluding carboxylic acids is 1. The van der Waals surface area contributed by atoms with Gasteiger partial charge >= 0.3 is 11.9 Å². The van der Waals surface area contributed by atoms with E-state index in [1.165, 1.54) is 0 Å². The number of ether oxygens (including phenoxy) is 1. The molecular formula is C12H13ClO4. The van der Waals surface area contributed by atoms with Crippen LogP contribution in [0.3, 0.4) is 0 Å². The predicted molar refractivity (Wildman–Crippen MR) is 63.1 cm³/mol.